The van der Waals surface area contributed by atoms with Gasteiger partial charge >= 0.3 is 0 Å². The summed E-state index contributed by atoms with van der Waals surface area (Å²) in [4.78, 5) is 2.13. The van der Waals surface area contributed by atoms with Crippen molar-refractivity contribution in [1.82, 2.24) is 4.90 Å². The van der Waals surface area contributed by atoms with Crippen LogP contribution in [0.2, 0.25) is 0 Å². The van der Waals surface area contributed by atoms with Gasteiger partial charge in [0.15, 0.2) is 0 Å². The number of benzene rings is 1. The summed E-state index contributed by atoms with van der Waals surface area (Å²) in [7, 11) is 2.02. The molecule has 4 heteroatoms. The first-order valence-electron chi connectivity index (χ1n) is 6.72. The minimum atomic E-state index is -0.337. The Morgan fingerprint density at radius 1 is 1.37 bits per heavy atom. The fourth-order valence-electron chi connectivity index (χ4n) is 2.27. The molecular weight excluding hydrogens is 240 g/mol. The maximum Gasteiger partial charge on any atom is 0.134 e. The number of fused-ring (bicyclic) bond motifs is 1. The van der Waals surface area contributed by atoms with E-state index in [0.717, 1.165) is 18.5 Å². The van der Waals surface area contributed by atoms with Gasteiger partial charge < -0.3 is 20.2 Å². The highest BCUT2D eigenvalue weighted by molar-refractivity contribution is 5.80. The number of furan rings is 1. The molecule has 1 aromatic heterocycles. The van der Waals surface area contributed by atoms with Crippen LogP contribution < -0.4 is 5.73 Å². The van der Waals surface area contributed by atoms with Crippen molar-refractivity contribution >= 4 is 11.0 Å². The van der Waals surface area contributed by atoms with Crippen molar-refractivity contribution in [2.24, 2.45) is 5.73 Å². The van der Waals surface area contributed by atoms with Crippen LogP contribution in [0.15, 0.2) is 34.9 Å². The van der Waals surface area contributed by atoms with Crippen LogP contribution in [0.4, 0.5) is 0 Å². The van der Waals surface area contributed by atoms with E-state index in [1.807, 2.05) is 31.5 Å². The maximum atomic E-state index is 9.71. The third kappa shape index (κ3) is 3.80. The quantitative estimate of drug-likeness (QED) is 0.796. The molecule has 1 heterocycles. The molecule has 1 atom stereocenters. The van der Waals surface area contributed by atoms with Crippen molar-refractivity contribution < 1.29 is 9.52 Å². The molecule has 19 heavy (non-hydrogen) atoms. The zero-order valence-electron chi connectivity index (χ0n) is 11.4. The van der Waals surface area contributed by atoms with E-state index in [4.69, 9.17) is 10.2 Å². The van der Waals surface area contributed by atoms with E-state index >= 15 is 0 Å². The first kappa shape index (κ1) is 14.1. The maximum absolute atomic E-state index is 9.71. The second kappa shape index (κ2) is 6.70. The predicted molar refractivity (Wildman–Crippen MR) is 77.1 cm³/mol. The van der Waals surface area contributed by atoms with Crippen LogP contribution >= 0.6 is 0 Å². The number of aliphatic hydroxyl groups is 1. The molecule has 0 spiro atoms. The van der Waals surface area contributed by atoms with Gasteiger partial charge in [-0.3, -0.25) is 0 Å². The van der Waals surface area contributed by atoms with Crippen molar-refractivity contribution in [3.05, 3.63) is 36.1 Å². The molecule has 4 nitrogen and oxygen atoms in total. The lowest BCUT2D eigenvalue weighted by molar-refractivity contribution is 0.120. The third-order valence-electron chi connectivity index (χ3n) is 3.35. The standard InChI is InChI=1S/C15H22N2O2/c1-17(10-13(18)6-8-16)9-7-12-11-19-15-5-3-2-4-14(12)15/h2-5,11,13,18H,6-10,16H2,1H3. The number of nitrogens with two attached hydrogens (primary N) is 1. The van der Waals surface area contributed by atoms with Gasteiger partial charge in [0.25, 0.3) is 0 Å². The zero-order valence-corrected chi connectivity index (χ0v) is 11.4. The Hall–Kier alpha value is -1.36. The molecule has 0 saturated carbocycles. The second-order valence-electron chi connectivity index (χ2n) is 5.00. The fourth-order valence-corrected chi connectivity index (χ4v) is 2.27. The average Bonchev–Trinajstić information content (AvgIpc) is 2.80. The lowest BCUT2D eigenvalue weighted by atomic mass is 10.1. The Kier molecular flexibility index (Phi) is 4.96. The van der Waals surface area contributed by atoms with E-state index in [1.165, 1.54) is 10.9 Å². The van der Waals surface area contributed by atoms with E-state index < -0.39 is 0 Å². The summed E-state index contributed by atoms with van der Waals surface area (Å²) >= 11 is 0. The number of nitrogens with zero attached hydrogens (tertiary/aromatic N) is 1. The molecule has 2 rings (SSSR count). The SMILES string of the molecule is CN(CCc1coc2ccccc12)CC(O)CCN. The third-order valence-corrected chi connectivity index (χ3v) is 3.35. The van der Waals surface area contributed by atoms with E-state index in [9.17, 15) is 5.11 Å². The molecule has 0 amide bonds. The fraction of sp³-hybridized carbons (Fsp3) is 0.467. The van der Waals surface area contributed by atoms with Crippen LogP contribution in [0.3, 0.4) is 0 Å². The molecule has 104 valence electrons. The minimum Gasteiger partial charge on any atom is -0.464 e. The first-order valence-corrected chi connectivity index (χ1v) is 6.72. The van der Waals surface area contributed by atoms with E-state index in [1.54, 1.807) is 0 Å². The van der Waals surface area contributed by atoms with E-state index in [0.29, 0.717) is 19.5 Å². The van der Waals surface area contributed by atoms with Crippen LogP contribution in [0.1, 0.15) is 12.0 Å². The van der Waals surface area contributed by atoms with Crippen LogP contribution in [0.25, 0.3) is 11.0 Å². The topological polar surface area (TPSA) is 62.6 Å². The molecule has 1 unspecified atom stereocenters. The normalized spacial score (nSPS) is 13.3. The predicted octanol–water partition coefficient (Wildman–Crippen LogP) is 1.62. The van der Waals surface area contributed by atoms with Crippen molar-refractivity contribution in [2.45, 2.75) is 18.9 Å². The van der Waals surface area contributed by atoms with Gasteiger partial charge in [0.1, 0.15) is 5.58 Å². The number of likely N-dealkylation sites (N-methyl/N-ethyl adjacent to an activating group) is 1. The Balaban J connectivity index is 1.88. The van der Waals surface area contributed by atoms with E-state index in [2.05, 4.69) is 11.0 Å². The highest BCUT2D eigenvalue weighted by atomic mass is 16.3. The van der Waals surface area contributed by atoms with E-state index in [-0.39, 0.29) is 6.10 Å². The Bertz CT molecular complexity index is 510. The minimum absolute atomic E-state index is 0.337. The second-order valence-corrected chi connectivity index (χ2v) is 5.00. The molecule has 2 aromatic rings. The molecule has 1 aromatic carbocycles. The summed E-state index contributed by atoms with van der Waals surface area (Å²) in [5.74, 6) is 0. The van der Waals surface area contributed by atoms with Gasteiger partial charge in [0.2, 0.25) is 0 Å². The van der Waals surface area contributed by atoms with Crippen LogP contribution in [0, 0.1) is 0 Å². The van der Waals surface area contributed by atoms with Gasteiger partial charge in [-0.15, -0.1) is 0 Å². The molecule has 0 radical (unpaired) electrons. The van der Waals surface area contributed by atoms with Crippen molar-refractivity contribution in [2.75, 3.05) is 26.7 Å². The molecule has 0 saturated heterocycles. The lowest BCUT2D eigenvalue weighted by Crippen LogP contribution is -2.32. The highest BCUT2D eigenvalue weighted by Gasteiger charge is 2.09. The van der Waals surface area contributed by atoms with Gasteiger partial charge in [-0.25, -0.2) is 0 Å². The van der Waals surface area contributed by atoms with Gasteiger partial charge in [-0.1, -0.05) is 18.2 Å². The Morgan fingerprint density at radius 2 is 2.16 bits per heavy atom. The van der Waals surface area contributed by atoms with Gasteiger partial charge in [-0.2, -0.15) is 0 Å². The molecule has 0 fully saturated rings. The monoisotopic (exact) mass is 262 g/mol. The Morgan fingerprint density at radius 3 is 2.95 bits per heavy atom. The molecular formula is C15H22N2O2. The molecule has 0 aliphatic heterocycles. The Labute approximate surface area is 113 Å². The summed E-state index contributed by atoms with van der Waals surface area (Å²) in [6.45, 7) is 2.08. The number of aliphatic hydroxyl groups excluding tert-OH is 1. The van der Waals surface area contributed by atoms with Gasteiger partial charge in [0.05, 0.1) is 12.4 Å². The smallest absolute Gasteiger partial charge is 0.134 e. The zero-order chi connectivity index (χ0) is 13.7. The summed E-state index contributed by atoms with van der Waals surface area (Å²) in [5, 5.41) is 10.9. The van der Waals surface area contributed by atoms with Crippen LogP contribution in [-0.2, 0) is 6.42 Å². The molecule has 0 aliphatic rings. The molecule has 0 bridgehead atoms. The number of hydrogen-bond acceptors (Lipinski definition) is 4. The van der Waals surface area contributed by atoms with Crippen molar-refractivity contribution in [3.63, 3.8) is 0 Å². The van der Waals surface area contributed by atoms with Crippen molar-refractivity contribution in [3.8, 4) is 0 Å². The largest absolute Gasteiger partial charge is 0.464 e. The molecule has 0 aliphatic carbocycles. The number of para-hydroxylation sites is 1. The molecule has 3 N–H and O–H groups in total. The lowest BCUT2D eigenvalue weighted by Gasteiger charge is -2.19. The summed E-state index contributed by atoms with van der Waals surface area (Å²) < 4.78 is 5.52. The summed E-state index contributed by atoms with van der Waals surface area (Å²) in [5.41, 5.74) is 7.58. The van der Waals surface area contributed by atoms with Gasteiger partial charge in [-0.05, 0) is 38.1 Å². The highest BCUT2D eigenvalue weighted by Crippen LogP contribution is 2.21. The van der Waals surface area contributed by atoms with Crippen molar-refractivity contribution in [1.29, 1.82) is 0 Å². The summed E-state index contributed by atoms with van der Waals surface area (Å²) in [6.07, 6.45) is 3.06. The first-order chi connectivity index (χ1) is 9.20. The van der Waals surface area contributed by atoms with Crippen LogP contribution in [-0.4, -0.2) is 42.8 Å². The summed E-state index contributed by atoms with van der Waals surface area (Å²) in [6, 6.07) is 8.06. The van der Waals surface area contributed by atoms with Gasteiger partial charge in [0, 0.05) is 18.5 Å². The van der Waals surface area contributed by atoms with Crippen LogP contribution in [0.5, 0.6) is 0 Å². The average molecular weight is 262 g/mol. The number of rotatable bonds is 7. The number of hydrogen-bond donors (Lipinski definition) is 2.